The number of hydrogen-bond acceptors (Lipinski definition) is 4. The molecule has 5 heteroatoms. The summed E-state index contributed by atoms with van der Waals surface area (Å²) in [6, 6.07) is 12.0. The van der Waals surface area contributed by atoms with Crippen molar-refractivity contribution in [2.75, 3.05) is 17.7 Å². The van der Waals surface area contributed by atoms with E-state index in [1.807, 2.05) is 6.07 Å². The van der Waals surface area contributed by atoms with E-state index in [-0.39, 0.29) is 18.2 Å². The van der Waals surface area contributed by atoms with Gasteiger partial charge in [-0.15, -0.1) is 0 Å². The number of anilines is 2. The highest BCUT2D eigenvalue weighted by atomic mass is 16.5. The summed E-state index contributed by atoms with van der Waals surface area (Å²) in [4.78, 5) is 26.1. The third-order valence-corrected chi connectivity index (χ3v) is 3.49. The van der Waals surface area contributed by atoms with Gasteiger partial charge < -0.3 is 10.5 Å². The number of methoxy groups -OCH3 is 1. The molecule has 0 unspecified atom stereocenters. The maximum Gasteiger partial charge on any atom is 0.265 e. The highest BCUT2D eigenvalue weighted by Gasteiger charge is 2.33. The molecular formula is C16H14N2O3. The van der Waals surface area contributed by atoms with Crippen molar-refractivity contribution in [3.05, 3.63) is 53.6 Å². The van der Waals surface area contributed by atoms with Crippen LogP contribution in [0.2, 0.25) is 0 Å². The summed E-state index contributed by atoms with van der Waals surface area (Å²) in [6.07, 6.45) is 0.190. The summed E-state index contributed by atoms with van der Waals surface area (Å²) in [7, 11) is 1.48. The van der Waals surface area contributed by atoms with Crippen LogP contribution in [0.3, 0.4) is 0 Å². The average molecular weight is 282 g/mol. The lowest BCUT2D eigenvalue weighted by atomic mass is 9.98. The zero-order valence-corrected chi connectivity index (χ0v) is 11.5. The van der Waals surface area contributed by atoms with Crippen LogP contribution in [-0.4, -0.2) is 18.9 Å². The van der Waals surface area contributed by atoms with E-state index in [0.717, 1.165) is 10.5 Å². The maximum absolute atomic E-state index is 12.6. The van der Waals surface area contributed by atoms with Crippen LogP contribution in [0.5, 0.6) is 5.75 Å². The average Bonchev–Trinajstić information content (AvgIpc) is 2.48. The number of nitrogens with zero attached hydrogens (tertiary/aromatic N) is 1. The Morgan fingerprint density at radius 3 is 2.67 bits per heavy atom. The Bertz CT molecular complexity index is 740. The highest BCUT2D eigenvalue weighted by molar-refractivity contribution is 6.25. The van der Waals surface area contributed by atoms with Crippen molar-refractivity contribution in [1.29, 1.82) is 0 Å². The zero-order valence-electron chi connectivity index (χ0n) is 11.5. The third kappa shape index (κ3) is 2.12. The highest BCUT2D eigenvalue weighted by Crippen LogP contribution is 2.34. The van der Waals surface area contributed by atoms with Crippen molar-refractivity contribution in [3.63, 3.8) is 0 Å². The number of benzene rings is 2. The number of imide groups is 1. The number of fused-ring (bicyclic) bond motifs is 1. The molecule has 0 aromatic heterocycles. The van der Waals surface area contributed by atoms with Gasteiger partial charge in [0, 0.05) is 17.3 Å². The van der Waals surface area contributed by atoms with Crippen LogP contribution in [0.15, 0.2) is 42.5 Å². The smallest absolute Gasteiger partial charge is 0.265 e. The van der Waals surface area contributed by atoms with Gasteiger partial charge in [0.05, 0.1) is 19.2 Å². The fraction of sp³-hybridized carbons (Fsp3) is 0.125. The van der Waals surface area contributed by atoms with Crippen LogP contribution < -0.4 is 15.4 Å². The molecule has 0 atom stereocenters. The van der Waals surface area contributed by atoms with Gasteiger partial charge in [0.25, 0.3) is 5.91 Å². The van der Waals surface area contributed by atoms with Gasteiger partial charge in [-0.3, -0.25) is 9.59 Å². The quantitative estimate of drug-likeness (QED) is 0.675. The molecular weight excluding hydrogens is 268 g/mol. The minimum Gasteiger partial charge on any atom is -0.494 e. The molecule has 0 fully saturated rings. The molecule has 0 spiro atoms. The molecule has 2 aromatic rings. The van der Waals surface area contributed by atoms with Crippen LogP contribution in [0.4, 0.5) is 11.4 Å². The van der Waals surface area contributed by atoms with Gasteiger partial charge in [0.15, 0.2) is 0 Å². The van der Waals surface area contributed by atoms with Gasteiger partial charge in [-0.2, -0.15) is 0 Å². The van der Waals surface area contributed by atoms with E-state index in [9.17, 15) is 9.59 Å². The Morgan fingerprint density at radius 1 is 1.14 bits per heavy atom. The number of nitrogens with two attached hydrogens (primary N) is 1. The number of rotatable bonds is 2. The molecule has 0 saturated heterocycles. The first-order chi connectivity index (χ1) is 10.1. The van der Waals surface area contributed by atoms with Gasteiger partial charge in [-0.25, -0.2) is 4.90 Å². The van der Waals surface area contributed by atoms with Crippen LogP contribution in [0.25, 0.3) is 0 Å². The molecule has 5 nitrogen and oxygen atoms in total. The van der Waals surface area contributed by atoms with Gasteiger partial charge >= 0.3 is 0 Å². The first kappa shape index (κ1) is 13.2. The van der Waals surface area contributed by atoms with E-state index < -0.39 is 0 Å². The first-order valence-electron chi connectivity index (χ1n) is 6.50. The van der Waals surface area contributed by atoms with Crippen molar-refractivity contribution in [2.24, 2.45) is 0 Å². The number of ether oxygens (including phenoxy) is 1. The predicted molar refractivity (Wildman–Crippen MR) is 79.4 cm³/mol. The lowest BCUT2D eigenvalue weighted by Crippen LogP contribution is -2.42. The fourth-order valence-electron chi connectivity index (χ4n) is 2.48. The standard InChI is InChI=1S/C16H14N2O3/c1-21-14-9-11(17)6-7-13(14)18-15(19)8-10-4-2-3-5-12(10)16(18)20/h2-7,9H,8,17H2,1H3. The van der Waals surface area contributed by atoms with E-state index in [1.54, 1.807) is 36.4 Å². The lowest BCUT2D eigenvalue weighted by Gasteiger charge is -2.28. The molecule has 0 saturated carbocycles. The molecule has 3 rings (SSSR count). The Labute approximate surface area is 121 Å². The van der Waals surface area contributed by atoms with E-state index in [1.165, 1.54) is 7.11 Å². The van der Waals surface area contributed by atoms with Crippen LogP contribution >= 0.6 is 0 Å². The monoisotopic (exact) mass is 282 g/mol. The Morgan fingerprint density at radius 2 is 1.90 bits per heavy atom. The van der Waals surface area contributed by atoms with Crippen molar-refractivity contribution >= 4 is 23.2 Å². The molecule has 2 N–H and O–H groups in total. The minimum absolute atomic E-state index is 0.190. The number of amides is 2. The van der Waals surface area contributed by atoms with Crippen LogP contribution in [0, 0.1) is 0 Å². The number of carbonyl (C=O) groups is 2. The second-order valence-electron chi connectivity index (χ2n) is 4.80. The minimum atomic E-state index is -0.343. The molecule has 1 aliphatic heterocycles. The van der Waals surface area contributed by atoms with Crippen LogP contribution in [0.1, 0.15) is 15.9 Å². The number of hydrogen-bond donors (Lipinski definition) is 1. The normalized spacial score (nSPS) is 14.0. The van der Waals surface area contributed by atoms with Crippen molar-refractivity contribution in [1.82, 2.24) is 0 Å². The van der Waals surface area contributed by atoms with Gasteiger partial charge in [-0.05, 0) is 23.8 Å². The predicted octanol–water partition coefficient (Wildman–Crippen LogP) is 2.01. The molecule has 2 amide bonds. The Hall–Kier alpha value is -2.82. The van der Waals surface area contributed by atoms with Gasteiger partial charge in [-0.1, -0.05) is 18.2 Å². The second-order valence-corrected chi connectivity index (χ2v) is 4.80. The summed E-state index contributed by atoms with van der Waals surface area (Å²) < 4.78 is 5.24. The Kier molecular flexibility index (Phi) is 3.10. The molecule has 0 bridgehead atoms. The molecule has 0 radical (unpaired) electrons. The van der Waals surface area contributed by atoms with Crippen molar-refractivity contribution < 1.29 is 14.3 Å². The molecule has 1 heterocycles. The van der Waals surface area contributed by atoms with E-state index in [4.69, 9.17) is 10.5 Å². The fourth-order valence-corrected chi connectivity index (χ4v) is 2.48. The topological polar surface area (TPSA) is 72.6 Å². The summed E-state index contributed by atoms with van der Waals surface area (Å²) in [6.45, 7) is 0. The lowest BCUT2D eigenvalue weighted by molar-refractivity contribution is -0.117. The second kappa shape index (κ2) is 4.94. The van der Waals surface area contributed by atoms with Gasteiger partial charge in [0.2, 0.25) is 5.91 Å². The Balaban J connectivity index is 2.12. The van der Waals surface area contributed by atoms with E-state index >= 15 is 0 Å². The summed E-state index contributed by atoms with van der Waals surface area (Å²) in [5.41, 5.74) is 7.92. The molecule has 106 valence electrons. The largest absolute Gasteiger partial charge is 0.494 e. The molecule has 2 aromatic carbocycles. The van der Waals surface area contributed by atoms with E-state index in [2.05, 4.69) is 0 Å². The van der Waals surface area contributed by atoms with Crippen molar-refractivity contribution in [3.8, 4) is 5.75 Å². The first-order valence-corrected chi connectivity index (χ1v) is 6.50. The molecule has 21 heavy (non-hydrogen) atoms. The van der Waals surface area contributed by atoms with E-state index in [0.29, 0.717) is 22.7 Å². The summed E-state index contributed by atoms with van der Waals surface area (Å²) in [5, 5.41) is 0. The summed E-state index contributed by atoms with van der Waals surface area (Å²) in [5.74, 6) is -0.220. The van der Waals surface area contributed by atoms with Crippen molar-refractivity contribution in [2.45, 2.75) is 6.42 Å². The molecule has 0 aliphatic carbocycles. The number of carbonyl (C=O) groups excluding carboxylic acids is 2. The molecule has 1 aliphatic rings. The number of nitrogen functional groups attached to an aromatic ring is 1. The maximum atomic E-state index is 12.6. The third-order valence-electron chi connectivity index (χ3n) is 3.49. The summed E-state index contributed by atoms with van der Waals surface area (Å²) >= 11 is 0. The van der Waals surface area contributed by atoms with Crippen LogP contribution in [-0.2, 0) is 11.2 Å². The SMILES string of the molecule is COc1cc(N)ccc1N1C(=O)Cc2ccccc2C1=O. The van der Waals surface area contributed by atoms with Gasteiger partial charge in [0.1, 0.15) is 5.75 Å². The zero-order chi connectivity index (χ0) is 15.0.